The van der Waals surface area contributed by atoms with Crippen LogP contribution in [0.2, 0.25) is 0 Å². The predicted molar refractivity (Wildman–Crippen MR) is 108 cm³/mol. The van der Waals surface area contributed by atoms with Crippen LogP contribution in [0.3, 0.4) is 0 Å². The number of aromatic nitrogens is 2. The number of nitrogens with one attached hydrogen (secondary N) is 1. The largest absolute Gasteiger partial charge is 0.437 e. The van der Waals surface area contributed by atoms with E-state index in [0.717, 1.165) is 25.0 Å². The Hall–Kier alpha value is -3.53. The molecule has 1 fully saturated rings. The first-order valence-corrected chi connectivity index (χ1v) is 9.54. The lowest BCUT2D eigenvalue weighted by Gasteiger charge is -2.28. The Morgan fingerprint density at radius 3 is 2.32 bits per heavy atom. The van der Waals surface area contributed by atoms with E-state index in [0.29, 0.717) is 23.6 Å². The summed E-state index contributed by atoms with van der Waals surface area (Å²) in [6.07, 6.45) is -4.95. The minimum atomic E-state index is -4.78. The molecule has 0 aliphatic carbocycles. The topological polar surface area (TPSA) is 68.6 Å². The molecule has 0 atom stereocenters. The van der Waals surface area contributed by atoms with Crippen LogP contribution in [0.15, 0.2) is 60.8 Å². The first kappa shape index (κ1) is 20.7. The number of amides is 1. The quantitative estimate of drug-likeness (QED) is 0.664. The van der Waals surface area contributed by atoms with Gasteiger partial charge in [-0.2, -0.15) is 18.3 Å². The van der Waals surface area contributed by atoms with Crippen LogP contribution >= 0.6 is 0 Å². The van der Waals surface area contributed by atoms with Crippen molar-refractivity contribution in [1.82, 2.24) is 9.78 Å². The SMILES string of the molecule is O=C(Nc1ccc(N2CCOCC2)cc1)Oc1cnn(-c2ccccc2)c1C(F)(F)F. The van der Waals surface area contributed by atoms with Gasteiger partial charge >= 0.3 is 12.3 Å². The molecule has 1 amide bonds. The molecule has 1 aliphatic rings. The second-order valence-electron chi connectivity index (χ2n) is 6.76. The van der Waals surface area contributed by atoms with Gasteiger partial charge in [0, 0.05) is 24.5 Å². The number of para-hydroxylation sites is 1. The normalized spacial score (nSPS) is 14.4. The number of carbonyl (C=O) groups excluding carboxylic acids is 1. The zero-order chi connectivity index (χ0) is 21.8. The number of hydrogen-bond acceptors (Lipinski definition) is 5. The van der Waals surface area contributed by atoms with E-state index in [9.17, 15) is 18.0 Å². The zero-order valence-corrected chi connectivity index (χ0v) is 16.3. The highest BCUT2D eigenvalue weighted by molar-refractivity contribution is 5.86. The van der Waals surface area contributed by atoms with Crippen molar-refractivity contribution < 1.29 is 27.4 Å². The van der Waals surface area contributed by atoms with Crippen LogP contribution < -0.4 is 15.0 Å². The molecule has 0 spiro atoms. The number of morpholine rings is 1. The average molecular weight is 432 g/mol. The lowest BCUT2D eigenvalue weighted by molar-refractivity contribution is -0.143. The first-order chi connectivity index (χ1) is 14.9. The summed E-state index contributed by atoms with van der Waals surface area (Å²) in [7, 11) is 0. The van der Waals surface area contributed by atoms with Gasteiger partial charge in [-0.25, -0.2) is 9.48 Å². The summed E-state index contributed by atoms with van der Waals surface area (Å²) in [5.74, 6) is -0.682. The summed E-state index contributed by atoms with van der Waals surface area (Å²) >= 11 is 0. The molecule has 162 valence electrons. The van der Waals surface area contributed by atoms with Crippen LogP contribution in [0.25, 0.3) is 5.69 Å². The van der Waals surface area contributed by atoms with E-state index in [2.05, 4.69) is 15.3 Å². The Morgan fingerprint density at radius 1 is 1.00 bits per heavy atom. The summed E-state index contributed by atoms with van der Waals surface area (Å²) in [4.78, 5) is 14.4. The maximum Gasteiger partial charge on any atom is 0.437 e. The van der Waals surface area contributed by atoms with Gasteiger partial charge in [-0.05, 0) is 36.4 Å². The minimum Gasteiger partial charge on any atom is -0.406 e. The van der Waals surface area contributed by atoms with E-state index < -0.39 is 23.7 Å². The van der Waals surface area contributed by atoms with Crippen LogP contribution in [0, 0.1) is 0 Å². The summed E-state index contributed by atoms with van der Waals surface area (Å²) in [5.41, 5.74) is 0.386. The van der Waals surface area contributed by atoms with Crippen molar-refractivity contribution >= 4 is 17.5 Å². The van der Waals surface area contributed by atoms with Gasteiger partial charge in [0.2, 0.25) is 0 Å². The molecule has 1 aliphatic heterocycles. The van der Waals surface area contributed by atoms with E-state index in [1.54, 1.807) is 30.3 Å². The van der Waals surface area contributed by atoms with Crippen molar-refractivity contribution in [3.05, 3.63) is 66.5 Å². The third kappa shape index (κ3) is 4.80. The van der Waals surface area contributed by atoms with E-state index in [1.165, 1.54) is 12.1 Å². The molecular formula is C21H19F3N4O3. The zero-order valence-electron chi connectivity index (χ0n) is 16.3. The Morgan fingerprint density at radius 2 is 1.68 bits per heavy atom. The minimum absolute atomic E-state index is 0.198. The predicted octanol–water partition coefficient (Wildman–Crippen LogP) is 4.34. The Labute approximate surface area is 176 Å². The second-order valence-corrected chi connectivity index (χ2v) is 6.76. The van der Waals surface area contributed by atoms with Crippen molar-refractivity contribution in [1.29, 1.82) is 0 Å². The Balaban J connectivity index is 1.48. The van der Waals surface area contributed by atoms with E-state index in [-0.39, 0.29) is 5.69 Å². The lowest BCUT2D eigenvalue weighted by Crippen LogP contribution is -2.36. The molecule has 0 radical (unpaired) electrons. The molecule has 3 aromatic rings. The summed E-state index contributed by atoms with van der Waals surface area (Å²) in [6.45, 7) is 2.82. The molecule has 7 nitrogen and oxygen atoms in total. The third-order valence-electron chi connectivity index (χ3n) is 4.70. The molecule has 0 saturated carbocycles. The van der Waals surface area contributed by atoms with E-state index in [4.69, 9.17) is 9.47 Å². The highest BCUT2D eigenvalue weighted by Gasteiger charge is 2.40. The Kier molecular flexibility index (Phi) is 5.81. The smallest absolute Gasteiger partial charge is 0.406 e. The van der Waals surface area contributed by atoms with Crippen LogP contribution in [-0.4, -0.2) is 42.2 Å². The third-order valence-corrected chi connectivity index (χ3v) is 4.70. The molecular weight excluding hydrogens is 413 g/mol. The highest BCUT2D eigenvalue weighted by atomic mass is 19.4. The molecule has 10 heteroatoms. The average Bonchev–Trinajstić information content (AvgIpc) is 3.19. The number of carbonyl (C=O) groups is 1. The van der Waals surface area contributed by atoms with Gasteiger partial charge in [0.05, 0.1) is 25.1 Å². The van der Waals surface area contributed by atoms with E-state index in [1.807, 2.05) is 12.1 Å². The monoisotopic (exact) mass is 432 g/mol. The van der Waals surface area contributed by atoms with Gasteiger partial charge in [-0.1, -0.05) is 18.2 Å². The lowest BCUT2D eigenvalue weighted by atomic mass is 10.2. The summed E-state index contributed by atoms with van der Waals surface area (Å²) in [5, 5.41) is 6.19. The van der Waals surface area contributed by atoms with Crippen molar-refractivity contribution in [2.75, 3.05) is 36.5 Å². The molecule has 1 aromatic heterocycles. The fourth-order valence-electron chi connectivity index (χ4n) is 3.25. The summed E-state index contributed by atoms with van der Waals surface area (Å²) in [6, 6.07) is 14.7. The van der Waals surface area contributed by atoms with Crippen LogP contribution in [-0.2, 0) is 10.9 Å². The number of rotatable bonds is 4. The van der Waals surface area contributed by atoms with Gasteiger partial charge in [0.15, 0.2) is 11.4 Å². The second kappa shape index (κ2) is 8.68. The maximum absolute atomic E-state index is 13.6. The number of hydrogen-bond donors (Lipinski definition) is 1. The van der Waals surface area contributed by atoms with Gasteiger partial charge < -0.3 is 14.4 Å². The molecule has 0 unspecified atom stereocenters. The number of nitrogens with zero attached hydrogens (tertiary/aromatic N) is 3. The van der Waals surface area contributed by atoms with Gasteiger partial charge in [-0.15, -0.1) is 0 Å². The number of alkyl halides is 3. The van der Waals surface area contributed by atoms with Crippen molar-refractivity contribution in [2.45, 2.75) is 6.18 Å². The van der Waals surface area contributed by atoms with Gasteiger partial charge in [0.1, 0.15) is 0 Å². The molecule has 2 aromatic carbocycles. The van der Waals surface area contributed by atoms with Gasteiger partial charge in [-0.3, -0.25) is 5.32 Å². The summed E-state index contributed by atoms with van der Waals surface area (Å²) < 4.78 is 51.9. The van der Waals surface area contributed by atoms with Crippen molar-refractivity contribution in [2.24, 2.45) is 0 Å². The molecule has 1 N–H and O–H groups in total. The standard InChI is InChI=1S/C21H19F3N4O3/c22-21(23,24)19-18(14-25-28(19)17-4-2-1-3-5-17)31-20(29)26-15-6-8-16(9-7-15)27-10-12-30-13-11-27/h1-9,14H,10-13H2,(H,26,29). The van der Waals surface area contributed by atoms with Crippen molar-refractivity contribution in [3.8, 4) is 11.4 Å². The Bertz CT molecular complexity index is 1030. The van der Waals surface area contributed by atoms with Crippen LogP contribution in [0.5, 0.6) is 5.75 Å². The molecule has 0 bridgehead atoms. The van der Waals surface area contributed by atoms with Crippen LogP contribution in [0.1, 0.15) is 5.69 Å². The van der Waals surface area contributed by atoms with Crippen molar-refractivity contribution in [3.63, 3.8) is 0 Å². The molecule has 2 heterocycles. The van der Waals surface area contributed by atoms with Gasteiger partial charge in [0.25, 0.3) is 0 Å². The van der Waals surface area contributed by atoms with Crippen LogP contribution in [0.4, 0.5) is 29.3 Å². The van der Waals surface area contributed by atoms with E-state index >= 15 is 0 Å². The molecule has 1 saturated heterocycles. The maximum atomic E-state index is 13.6. The number of benzene rings is 2. The fraction of sp³-hybridized carbons (Fsp3) is 0.238. The fourth-order valence-corrected chi connectivity index (χ4v) is 3.25. The molecule has 31 heavy (non-hydrogen) atoms. The number of halogens is 3. The first-order valence-electron chi connectivity index (χ1n) is 9.54. The number of ether oxygens (including phenoxy) is 2. The number of anilines is 2. The molecule has 4 rings (SSSR count). The highest BCUT2D eigenvalue weighted by Crippen LogP contribution is 2.37.